The van der Waals surface area contributed by atoms with Crippen LogP contribution in [0.25, 0.3) is 5.65 Å². The standard InChI is InChI=1S/C17H20N6O/c1-12-9-19-23(10-12)15-4-2-14(3-5-15)21-17(24)13-6-7-22-16(8-13)18-11-20-22/h6-11,14-15H,2-5H2,1H3,(H,21,24). The second-order valence-corrected chi connectivity index (χ2v) is 6.45. The van der Waals surface area contributed by atoms with Crippen LogP contribution in [0.5, 0.6) is 0 Å². The summed E-state index contributed by atoms with van der Waals surface area (Å²) in [7, 11) is 0. The van der Waals surface area contributed by atoms with Gasteiger partial charge in [-0.2, -0.15) is 10.2 Å². The summed E-state index contributed by atoms with van der Waals surface area (Å²) in [6, 6.07) is 4.20. The molecule has 1 fully saturated rings. The Morgan fingerprint density at radius 1 is 1.25 bits per heavy atom. The second kappa shape index (κ2) is 6.07. The molecule has 0 bridgehead atoms. The van der Waals surface area contributed by atoms with E-state index in [1.54, 1.807) is 22.8 Å². The molecule has 0 unspecified atom stereocenters. The van der Waals surface area contributed by atoms with Gasteiger partial charge in [0.1, 0.15) is 6.33 Å². The third-order valence-electron chi connectivity index (χ3n) is 4.68. The van der Waals surface area contributed by atoms with Gasteiger partial charge in [-0.25, -0.2) is 9.50 Å². The largest absolute Gasteiger partial charge is 0.349 e. The summed E-state index contributed by atoms with van der Waals surface area (Å²) in [5.74, 6) is -0.0427. The van der Waals surface area contributed by atoms with Gasteiger partial charge in [-0.15, -0.1) is 0 Å². The van der Waals surface area contributed by atoms with Gasteiger partial charge < -0.3 is 5.32 Å². The molecule has 0 atom stereocenters. The fourth-order valence-corrected chi connectivity index (χ4v) is 3.34. The number of aryl methyl sites for hydroxylation is 1. The average Bonchev–Trinajstić information content (AvgIpc) is 3.23. The van der Waals surface area contributed by atoms with E-state index >= 15 is 0 Å². The van der Waals surface area contributed by atoms with Crippen molar-refractivity contribution in [3.63, 3.8) is 0 Å². The van der Waals surface area contributed by atoms with Crippen molar-refractivity contribution in [1.82, 2.24) is 29.7 Å². The zero-order chi connectivity index (χ0) is 16.5. The maximum atomic E-state index is 12.4. The number of hydrogen-bond acceptors (Lipinski definition) is 4. The molecule has 24 heavy (non-hydrogen) atoms. The molecule has 3 heterocycles. The molecule has 1 N–H and O–H groups in total. The van der Waals surface area contributed by atoms with E-state index in [0.29, 0.717) is 17.3 Å². The first kappa shape index (κ1) is 14.9. The summed E-state index contributed by atoms with van der Waals surface area (Å²) in [5, 5.41) is 11.6. The highest BCUT2D eigenvalue weighted by Gasteiger charge is 2.24. The van der Waals surface area contributed by atoms with Crippen LogP contribution in [-0.4, -0.2) is 36.3 Å². The van der Waals surface area contributed by atoms with Crippen molar-refractivity contribution in [3.8, 4) is 0 Å². The number of carbonyl (C=O) groups is 1. The van der Waals surface area contributed by atoms with Crippen molar-refractivity contribution < 1.29 is 4.79 Å². The topological polar surface area (TPSA) is 77.1 Å². The SMILES string of the molecule is Cc1cnn(C2CCC(NC(=O)c3ccn4ncnc4c3)CC2)c1. The number of nitrogens with zero attached hydrogens (tertiary/aromatic N) is 5. The van der Waals surface area contributed by atoms with Crippen LogP contribution in [0.3, 0.4) is 0 Å². The van der Waals surface area contributed by atoms with Crippen molar-refractivity contribution >= 4 is 11.6 Å². The molecule has 1 aliphatic carbocycles. The first-order chi connectivity index (χ1) is 11.7. The molecular formula is C17H20N6O. The van der Waals surface area contributed by atoms with E-state index in [-0.39, 0.29) is 11.9 Å². The predicted octanol–water partition coefficient (Wildman–Crippen LogP) is 2.15. The molecule has 0 radical (unpaired) electrons. The summed E-state index contributed by atoms with van der Waals surface area (Å²) in [6.07, 6.45) is 11.3. The lowest BCUT2D eigenvalue weighted by Crippen LogP contribution is -2.38. The number of fused-ring (bicyclic) bond motifs is 1. The first-order valence-corrected chi connectivity index (χ1v) is 8.30. The van der Waals surface area contributed by atoms with Crippen molar-refractivity contribution in [3.05, 3.63) is 48.2 Å². The summed E-state index contributed by atoms with van der Waals surface area (Å²) in [4.78, 5) is 16.6. The highest BCUT2D eigenvalue weighted by molar-refractivity contribution is 5.95. The van der Waals surface area contributed by atoms with E-state index in [4.69, 9.17) is 0 Å². The van der Waals surface area contributed by atoms with Gasteiger partial charge in [-0.1, -0.05) is 0 Å². The van der Waals surface area contributed by atoms with E-state index in [1.807, 2.05) is 6.20 Å². The summed E-state index contributed by atoms with van der Waals surface area (Å²) in [5.41, 5.74) is 2.50. The molecule has 7 heteroatoms. The Morgan fingerprint density at radius 3 is 2.83 bits per heavy atom. The molecule has 3 aromatic heterocycles. The van der Waals surface area contributed by atoms with Crippen molar-refractivity contribution in [2.75, 3.05) is 0 Å². The zero-order valence-electron chi connectivity index (χ0n) is 13.6. The van der Waals surface area contributed by atoms with Gasteiger partial charge in [-0.3, -0.25) is 9.48 Å². The Morgan fingerprint density at radius 2 is 2.08 bits per heavy atom. The van der Waals surface area contributed by atoms with Crippen LogP contribution in [0.15, 0.2) is 37.1 Å². The van der Waals surface area contributed by atoms with Gasteiger partial charge in [-0.05, 0) is 50.3 Å². The van der Waals surface area contributed by atoms with Crippen LogP contribution >= 0.6 is 0 Å². The third-order valence-corrected chi connectivity index (χ3v) is 4.68. The third kappa shape index (κ3) is 2.89. The van der Waals surface area contributed by atoms with Gasteiger partial charge in [0, 0.05) is 24.0 Å². The molecule has 3 aromatic rings. The van der Waals surface area contributed by atoms with Crippen molar-refractivity contribution in [2.45, 2.75) is 44.7 Å². The second-order valence-electron chi connectivity index (χ2n) is 6.45. The van der Waals surface area contributed by atoms with Crippen LogP contribution in [0, 0.1) is 6.92 Å². The number of carbonyl (C=O) groups excluding carboxylic acids is 1. The molecule has 1 saturated carbocycles. The first-order valence-electron chi connectivity index (χ1n) is 8.30. The molecule has 0 spiro atoms. The van der Waals surface area contributed by atoms with Gasteiger partial charge in [0.2, 0.25) is 0 Å². The van der Waals surface area contributed by atoms with Crippen LogP contribution in [0.4, 0.5) is 0 Å². The monoisotopic (exact) mass is 324 g/mol. The molecule has 0 aliphatic heterocycles. The van der Waals surface area contributed by atoms with Gasteiger partial charge in [0.25, 0.3) is 5.91 Å². The minimum atomic E-state index is -0.0427. The Bertz CT molecular complexity index is 859. The fourth-order valence-electron chi connectivity index (χ4n) is 3.34. The molecular weight excluding hydrogens is 304 g/mol. The fraction of sp³-hybridized carbons (Fsp3) is 0.412. The van der Waals surface area contributed by atoms with Crippen LogP contribution in [0.1, 0.15) is 47.6 Å². The predicted molar refractivity (Wildman–Crippen MR) is 88.7 cm³/mol. The van der Waals surface area contributed by atoms with Crippen LogP contribution in [-0.2, 0) is 0 Å². The molecule has 0 aromatic carbocycles. The van der Waals surface area contributed by atoms with Crippen LogP contribution in [0.2, 0.25) is 0 Å². The molecule has 0 saturated heterocycles. The minimum Gasteiger partial charge on any atom is -0.349 e. The van der Waals surface area contributed by atoms with Gasteiger partial charge in [0.05, 0.1) is 12.2 Å². The zero-order valence-corrected chi connectivity index (χ0v) is 13.6. The summed E-state index contributed by atoms with van der Waals surface area (Å²) < 4.78 is 3.71. The number of rotatable bonds is 3. The van der Waals surface area contributed by atoms with Gasteiger partial charge in [0.15, 0.2) is 5.65 Å². The van der Waals surface area contributed by atoms with Crippen molar-refractivity contribution in [1.29, 1.82) is 0 Å². The number of aromatic nitrogens is 5. The van der Waals surface area contributed by atoms with Gasteiger partial charge >= 0.3 is 0 Å². The number of hydrogen-bond donors (Lipinski definition) is 1. The number of nitrogens with one attached hydrogen (secondary N) is 1. The normalized spacial score (nSPS) is 21.0. The van der Waals surface area contributed by atoms with E-state index in [2.05, 4.69) is 38.3 Å². The lowest BCUT2D eigenvalue weighted by Gasteiger charge is -2.29. The Balaban J connectivity index is 1.37. The smallest absolute Gasteiger partial charge is 0.251 e. The molecule has 7 nitrogen and oxygen atoms in total. The average molecular weight is 324 g/mol. The maximum Gasteiger partial charge on any atom is 0.251 e. The molecule has 1 aliphatic rings. The summed E-state index contributed by atoms with van der Waals surface area (Å²) >= 11 is 0. The Kier molecular flexibility index (Phi) is 3.76. The van der Waals surface area contributed by atoms with E-state index in [9.17, 15) is 4.79 Å². The van der Waals surface area contributed by atoms with Crippen molar-refractivity contribution in [2.24, 2.45) is 0 Å². The lowest BCUT2D eigenvalue weighted by molar-refractivity contribution is 0.0921. The van der Waals surface area contributed by atoms with Crippen LogP contribution < -0.4 is 5.32 Å². The minimum absolute atomic E-state index is 0.0427. The number of pyridine rings is 1. The van der Waals surface area contributed by atoms with E-state index < -0.39 is 0 Å². The molecule has 4 rings (SSSR count). The number of amides is 1. The molecule has 124 valence electrons. The quantitative estimate of drug-likeness (QED) is 0.801. The Hall–Kier alpha value is -2.70. The highest BCUT2D eigenvalue weighted by Crippen LogP contribution is 2.28. The Labute approximate surface area is 139 Å². The lowest BCUT2D eigenvalue weighted by atomic mass is 9.91. The highest BCUT2D eigenvalue weighted by atomic mass is 16.1. The van der Waals surface area contributed by atoms with E-state index in [1.165, 1.54) is 11.9 Å². The summed E-state index contributed by atoms with van der Waals surface area (Å²) in [6.45, 7) is 2.06. The van der Waals surface area contributed by atoms with E-state index in [0.717, 1.165) is 25.7 Å². The maximum absolute atomic E-state index is 12.4. The molecule has 1 amide bonds.